The maximum absolute atomic E-state index is 13.6. The average Bonchev–Trinajstić information content (AvgIpc) is 3.29. The summed E-state index contributed by atoms with van der Waals surface area (Å²) in [5, 5.41) is 8.86. The van der Waals surface area contributed by atoms with E-state index in [9.17, 15) is 22.8 Å². The fourth-order valence-corrected chi connectivity index (χ4v) is 4.99. The molecule has 2 aromatic rings. The normalized spacial score (nSPS) is 14.0. The van der Waals surface area contributed by atoms with Crippen LogP contribution < -0.4 is 26.4 Å². The molecule has 1 aliphatic carbocycles. The van der Waals surface area contributed by atoms with Gasteiger partial charge in [-0.2, -0.15) is 4.37 Å². The van der Waals surface area contributed by atoms with Gasteiger partial charge in [-0.3, -0.25) is 10.1 Å². The molecule has 0 aliphatic heterocycles. The van der Waals surface area contributed by atoms with E-state index in [0.29, 0.717) is 12.6 Å². The molecule has 1 fully saturated rings. The van der Waals surface area contributed by atoms with Crippen molar-refractivity contribution in [1.29, 1.82) is 0 Å². The zero-order chi connectivity index (χ0) is 25.9. The summed E-state index contributed by atoms with van der Waals surface area (Å²) < 4.78 is 49.9. The number of carbonyl (C=O) groups excluding carboxylic acids is 2. The van der Waals surface area contributed by atoms with E-state index in [1.54, 1.807) is 0 Å². The van der Waals surface area contributed by atoms with Crippen LogP contribution in [0.4, 0.5) is 23.0 Å². The second-order valence-electron chi connectivity index (χ2n) is 8.61. The molecule has 12 heteroatoms. The zero-order valence-corrected chi connectivity index (χ0v) is 20.8. The van der Waals surface area contributed by atoms with Crippen LogP contribution >= 0.6 is 11.5 Å². The van der Waals surface area contributed by atoms with E-state index in [-0.39, 0.29) is 45.3 Å². The highest BCUT2D eigenvalue weighted by Gasteiger charge is 2.23. The number of halogens is 3. The van der Waals surface area contributed by atoms with Crippen molar-refractivity contribution in [2.45, 2.75) is 71.2 Å². The first-order chi connectivity index (χ1) is 17.5. The fraction of sp³-hybridized carbons (Fsp3) is 0.542. The van der Waals surface area contributed by atoms with Crippen LogP contribution in [0.2, 0.25) is 0 Å². The minimum absolute atomic E-state index is 0.000734. The van der Waals surface area contributed by atoms with Gasteiger partial charge in [0.2, 0.25) is 5.88 Å². The number of alkyl halides is 3. The average molecular weight is 528 g/mol. The minimum Gasteiger partial charge on any atom is -0.472 e. The van der Waals surface area contributed by atoms with Gasteiger partial charge in [0.15, 0.2) is 0 Å². The van der Waals surface area contributed by atoms with Gasteiger partial charge in [-0.1, -0.05) is 31.4 Å². The van der Waals surface area contributed by atoms with Crippen LogP contribution in [-0.4, -0.2) is 35.4 Å². The van der Waals surface area contributed by atoms with E-state index in [2.05, 4.69) is 20.3 Å². The Balaban J connectivity index is 1.57. The Morgan fingerprint density at radius 3 is 2.36 bits per heavy atom. The number of rotatable bonds is 13. The predicted octanol–water partition coefficient (Wildman–Crippen LogP) is 4.66. The standard InChI is InChI=1S/C24H32F3N5O3S/c25-11-15-7-8-16(12-26)19(18(15)13-27)14-35-22-20(21(28)33)23(36-32-22)31-24(34)30-10-4-9-29-17-5-2-1-3-6-17/h7-8,17,29H,1-6,9-14H2,(H2,28,33)(H2,30,31,34). The maximum atomic E-state index is 13.6. The smallest absolute Gasteiger partial charge is 0.319 e. The number of nitrogens with two attached hydrogens (primary N) is 1. The zero-order valence-electron chi connectivity index (χ0n) is 20.0. The quantitative estimate of drug-likeness (QED) is 0.283. The molecule has 5 N–H and O–H groups in total. The van der Waals surface area contributed by atoms with E-state index >= 15 is 0 Å². The summed E-state index contributed by atoms with van der Waals surface area (Å²) in [4.78, 5) is 24.4. The first-order valence-electron chi connectivity index (χ1n) is 12.0. The molecule has 198 valence electrons. The number of benzene rings is 1. The molecule has 36 heavy (non-hydrogen) atoms. The summed E-state index contributed by atoms with van der Waals surface area (Å²) in [6.45, 7) is -1.95. The summed E-state index contributed by atoms with van der Waals surface area (Å²) in [6, 6.07) is 2.71. The van der Waals surface area contributed by atoms with Crippen LogP contribution in [0.3, 0.4) is 0 Å². The van der Waals surface area contributed by atoms with Gasteiger partial charge in [-0.05, 0) is 54.0 Å². The fourth-order valence-electron chi connectivity index (χ4n) is 4.25. The molecule has 1 aliphatic rings. The lowest BCUT2D eigenvalue weighted by Gasteiger charge is -2.22. The summed E-state index contributed by atoms with van der Waals surface area (Å²) in [5.41, 5.74) is 5.70. The number of primary amides is 1. The van der Waals surface area contributed by atoms with Crippen LogP contribution in [0.5, 0.6) is 5.88 Å². The van der Waals surface area contributed by atoms with Crippen molar-refractivity contribution in [3.05, 3.63) is 39.9 Å². The lowest BCUT2D eigenvalue weighted by Crippen LogP contribution is -2.35. The highest BCUT2D eigenvalue weighted by atomic mass is 32.1. The number of hydrogen-bond donors (Lipinski definition) is 4. The van der Waals surface area contributed by atoms with E-state index in [1.165, 1.54) is 44.2 Å². The second-order valence-corrected chi connectivity index (χ2v) is 9.38. The van der Waals surface area contributed by atoms with Crippen molar-refractivity contribution in [1.82, 2.24) is 15.0 Å². The number of hydrogen-bond acceptors (Lipinski definition) is 6. The number of carbonyl (C=O) groups is 2. The number of amides is 3. The molecule has 1 saturated carbocycles. The molecular weight excluding hydrogens is 495 g/mol. The van der Waals surface area contributed by atoms with Gasteiger partial charge < -0.3 is 21.1 Å². The molecule has 0 unspecified atom stereocenters. The molecule has 0 spiro atoms. The third kappa shape index (κ3) is 7.33. The second kappa shape index (κ2) is 14.0. The molecule has 0 atom stereocenters. The lowest BCUT2D eigenvalue weighted by atomic mass is 9.95. The lowest BCUT2D eigenvalue weighted by molar-refractivity contribution is 0.0996. The van der Waals surface area contributed by atoms with Gasteiger partial charge in [-0.25, -0.2) is 18.0 Å². The molecule has 1 aromatic heterocycles. The number of ether oxygens (including phenoxy) is 1. The van der Waals surface area contributed by atoms with Gasteiger partial charge in [0.25, 0.3) is 5.91 Å². The molecule has 0 bridgehead atoms. The van der Waals surface area contributed by atoms with Crippen LogP contribution in [0.15, 0.2) is 12.1 Å². The monoisotopic (exact) mass is 527 g/mol. The Hall–Kier alpha value is -2.86. The molecule has 1 heterocycles. The SMILES string of the molecule is NC(=O)c1c(OCc2c(CF)ccc(CF)c2CF)nsc1NC(=O)NCCCNC1CCCCC1. The van der Waals surface area contributed by atoms with E-state index in [0.717, 1.165) is 24.5 Å². The van der Waals surface area contributed by atoms with Crippen molar-refractivity contribution in [3.63, 3.8) is 0 Å². The predicted molar refractivity (Wildman–Crippen MR) is 132 cm³/mol. The Kier molecular flexibility index (Phi) is 10.8. The van der Waals surface area contributed by atoms with Crippen molar-refractivity contribution >= 4 is 28.5 Å². The topological polar surface area (TPSA) is 118 Å². The van der Waals surface area contributed by atoms with Crippen molar-refractivity contribution in [2.24, 2.45) is 5.73 Å². The summed E-state index contributed by atoms with van der Waals surface area (Å²) in [5.74, 6) is -1.07. The molecule has 3 amide bonds. The van der Waals surface area contributed by atoms with E-state index in [4.69, 9.17) is 10.5 Å². The summed E-state index contributed by atoms with van der Waals surface area (Å²) >= 11 is 0.790. The Morgan fingerprint density at radius 2 is 1.72 bits per heavy atom. The highest BCUT2D eigenvalue weighted by Crippen LogP contribution is 2.32. The first kappa shape index (κ1) is 27.7. The molecule has 8 nitrogen and oxygen atoms in total. The summed E-state index contributed by atoms with van der Waals surface area (Å²) in [6.07, 6.45) is 6.91. The molecule has 1 aromatic carbocycles. The highest BCUT2D eigenvalue weighted by molar-refractivity contribution is 7.11. The van der Waals surface area contributed by atoms with Gasteiger partial charge in [0.05, 0.1) is 0 Å². The number of nitrogens with one attached hydrogen (secondary N) is 3. The molecular formula is C24H32F3N5O3S. The number of urea groups is 1. The number of nitrogens with zero attached hydrogens (tertiary/aromatic N) is 1. The Bertz CT molecular complexity index is 1030. The first-order valence-corrected chi connectivity index (χ1v) is 12.8. The third-order valence-corrected chi connectivity index (χ3v) is 6.96. The number of aromatic nitrogens is 1. The third-order valence-electron chi connectivity index (χ3n) is 6.21. The van der Waals surface area contributed by atoms with E-state index in [1.807, 2.05) is 0 Å². The van der Waals surface area contributed by atoms with Crippen molar-refractivity contribution in [3.8, 4) is 5.88 Å². The van der Waals surface area contributed by atoms with Gasteiger partial charge in [0.1, 0.15) is 37.2 Å². The Labute approximate surface area is 212 Å². The molecule has 3 rings (SSSR count). The largest absolute Gasteiger partial charge is 0.472 e. The van der Waals surface area contributed by atoms with Crippen LogP contribution in [-0.2, 0) is 26.6 Å². The number of anilines is 1. The maximum Gasteiger partial charge on any atom is 0.319 e. The van der Waals surface area contributed by atoms with Crippen LogP contribution in [0.1, 0.15) is 71.1 Å². The minimum atomic E-state index is -1.01. The van der Waals surface area contributed by atoms with Crippen molar-refractivity contribution in [2.75, 3.05) is 18.4 Å². The van der Waals surface area contributed by atoms with E-state index < -0.39 is 32.0 Å². The van der Waals surface area contributed by atoms with Gasteiger partial charge >= 0.3 is 6.03 Å². The van der Waals surface area contributed by atoms with Crippen molar-refractivity contribution < 1.29 is 27.5 Å². The van der Waals surface area contributed by atoms with Gasteiger partial charge in [0, 0.05) is 18.2 Å². The van der Waals surface area contributed by atoms with Crippen LogP contribution in [0.25, 0.3) is 0 Å². The Morgan fingerprint density at radius 1 is 1.03 bits per heavy atom. The summed E-state index contributed by atoms with van der Waals surface area (Å²) in [7, 11) is 0. The molecule has 0 saturated heterocycles. The van der Waals surface area contributed by atoms with Crippen LogP contribution in [0, 0.1) is 0 Å². The van der Waals surface area contributed by atoms with Gasteiger partial charge in [-0.15, -0.1) is 0 Å². The molecule has 0 radical (unpaired) electrons.